The van der Waals surface area contributed by atoms with Crippen LogP contribution in [-0.2, 0) is 4.74 Å². The molecule has 0 amide bonds. The van der Waals surface area contributed by atoms with Gasteiger partial charge in [0.15, 0.2) is 5.11 Å². The fourth-order valence-electron chi connectivity index (χ4n) is 1.54. The summed E-state index contributed by atoms with van der Waals surface area (Å²) in [6, 6.07) is 8.28. The summed E-state index contributed by atoms with van der Waals surface area (Å²) in [5.41, 5.74) is 2.11. The quantitative estimate of drug-likeness (QED) is 0.799. The van der Waals surface area contributed by atoms with Crippen LogP contribution >= 0.6 is 12.2 Å². The van der Waals surface area contributed by atoms with Crippen LogP contribution in [0, 0.1) is 0 Å². The monoisotopic (exact) mass is 267 g/mol. The molecule has 0 heterocycles. The Morgan fingerprint density at radius 3 is 2.78 bits per heavy atom. The van der Waals surface area contributed by atoms with E-state index in [9.17, 15) is 0 Å². The number of benzene rings is 1. The number of hydrogen-bond donors (Lipinski definition) is 2. The first-order chi connectivity index (χ1) is 8.52. The van der Waals surface area contributed by atoms with Gasteiger partial charge in [-0.3, -0.25) is 0 Å². The number of rotatable bonds is 5. The summed E-state index contributed by atoms with van der Waals surface area (Å²) in [6.07, 6.45) is 0. The molecule has 1 unspecified atom stereocenters. The first-order valence-electron chi connectivity index (χ1n) is 5.86. The molecule has 1 atom stereocenters. The van der Waals surface area contributed by atoms with Crippen LogP contribution in [0.15, 0.2) is 24.3 Å². The van der Waals surface area contributed by atoms with Gasteiger partial charge >= 0.3 is 0 Å². The molecule has 0 radical (unpaired) electrons. The lowest BCUT2D eigenvalue weighted by molar-refractivity contribution is 0.179. The molecule has 0 fully saturated rings. The van der Waals surface area contributed by atoms with Gasteiger partial charge in [-0.05, 0) is 37.3 Å². The summed E-state index contributed by atoms with van der Waals surface area (Å²) < 4.78 is 5.05. The predicted octanol–water partition coefficient (Wildman–Crippen LogP) is 2.07. The molecule has 18 heavy (non-hydrogen) atoms. The molecule has 2 N–H and O–H groups in total. The molecule has 0 aliphatic carbocycles. The number of ether oxygens (including phenoxy) is 1. The lowest BCUT2D eigenvalue weighted by Gasteiger charge is -2.18. The van der Waals surface area contributed by atoms with Crippen molar-refractivity contribution in [2.45, 2.75) is 13.0 Å². The predicted molar refractivity (Wildman–Crippen MR) is 81.5 cm³/mol. The standard InChI is InChI=1S/C13H21N3OS/c1-10(9-17-4)14-13(18)15-11-6-5-7-12(8-11)16(2)3/h5-8,10H,9H2,1-4H3,(H2,14,15,18). The maximum atomic E-state index is 5.24. The molecule has 1 aromatic carbocycles. The Balaban J connectivity index is 2.56. The zero-order valence-corrected chi connectivity index (χ0v) is 12.2. The lowest BCUT2D eigenvalue weighted by Crippen LogP contribution is -2.38. The number of nitrogens with zero attached hydrogens (tertiary/aromatic N) is 1. The molecule has 0 bridgehead atoms. The topological polar surface area (TPSA) is 36.5 Å². The highest BCUT2D eigenvalue weighted by atomic mass is 32.1. The summed E-state index contributed by atoms with van der Waals surface area (Å²) in [7, 11) is 5.70. The first-order valence-corrected chi connectivity index (χ1v) is 6.27. The molecule has 5 heteroatoms. The third-order valence-electron chi connectivity index (χ3n) is 2.41. The van der Waals surface area contributed by atoms with Crippen molar-refractivity contribution >= 4 is 28.7 Å². The number of thiocarbonyl (C=S) groups is 1. The minimum absolute atomic E-state index is 0.187. The van der Waals surface area contributed by atoms with Gasteiger partial charge in [0.05, 0.1) is 6.61 Å². The molecule has 1 aromatic rings. The van der Waals surface area contributed by atoms with E-state index in [4.69, 9.17) is 17.0 Å². The number of nitrogens with one attached hydrogen (secondary N) is 2. The van der Waals surface area contributed by atoms with Gasteiger partial charge in [0.25, 0.3) is 0 Å². The van der Waals surface area contributed by atoms with Crippen LogP contribution in [0.1, 0.15) is 6.92 Å². The van der Waals surface area contributed by atoms with Gasteiger partial charge in [-0.15, -0.1) is 0 Å². The van der Waals surface area contributed by atoms with Crippen molar-refractivity contribution in [2.24, 2.45) is 0 Å². The summed E-state index contributed by atoms with van der Waals surface area (Å²) in [4.78, 5) is 2.05. The second-order valence-corrected chi connectivity index (χ2v) is 4.81. The Bertz CT molecular complexity index is 396. The van der Waals surface area contributed by atoms with Gasteiger partial charge in [-0.25, -0.2) is 0 Å². The van der Waals surface area contributed by atoms with Crippen LogP contribution in [0.2, 0.25) is 0 Å². The minimum Gasteiger partial charge on any atom is -0.383 e. The van der Waals surface area contributed by atoms with E-state index in [1.807, 2.05) is 33.2 Å². The number of hydrogen-bond acceptors (Lipinski definition) is 3. The van der Waals surface area contributed by atoms with Crippen LogP contribution < -0.4 is 15.5 Å². The van der Waals surface area contributed by atoms with Crippen molar-refractivity contribution in [3.8, 4) is 0 Å². The molecular weight excluding hydrogens is 246 g/mol. The largest absolute Gasteiger partial charge is 0.383 e. The van der Waals surface area contributed by atoms with Gasteiger partial charge in [0, 0.05) is 38.6 Å². The van der Waals surface area contributed by atoms with E-state index in [0.29, 0.717) is 11.7 Å². The third-order valence-corrected chi connectivity index (χ3v) is 2.63. The smallest absolute Gasteiger partial charge is 0.171 e. The van der Waals surface area contributed by atoms with Gasteiger partial charge in [0.1, 0.15) is 0 Å². The lowest BCUT2D eigenvalue weighted by atomic mass is 10.2. The van der Waals surface area contributed by atoms with Gasteiger partial charge in [0.2, 0.25) is 0 Å². The minimum atomic E-state index is 0.187. The second-order valence-electron chi connectivity index (χ2n) is 4.40. The second kappa shape index (κ2) is 7.18. The van der Waals surface area contributed by atoms with Crippen molar-refractivity contribution in [3.63, 3.8) is 0 Å². The van der Waals surface area contributed by atoms with Crippen molar-refractivity contribution < 1.29 is 4.74 Å². The number of anilines is 2. The van der Waals surface area contributed by atoms with Gasteiger partial charge in [-0.1, -0.05) is 6.07 Å². The Morgan fingerprint density at radius 2 is 2.17 bits per heavy atom. The Hall–Kier alpha value is -1.33. The molecule has 100 valence electrons. The fraction of sp³-hybridized carbons (Fsp3) is 0.462. The van der Waals surface area contributed by atoms with Crippen LogP contribution in [0.5, 0.6) is 0 Å². The highest BCUT2D eigenvalue weighted by molar-refractivity contribution is 7.80. The zero-order valence-electron chi connectivity index (χ0n) is 11.4. The van der Waals surface area contributed by atoms with Crippen LogP contribution in [0.25, 0.3) is 0 Å². The van der Waals surface area contributed by atoms with Crippen molar-refractivity contribution in [1.82, 2.24) is 5.32 Å². The fourth-order valence-corrected chi connectivity index (χ4v) is 1.86. The van der Waals surface area contributed by atoms with E-state index in [0.717, 1.165) is 11.4 Å². The summed E-state index contributed by atoms with van der Waals surface area (Å²) in [5.74, 6) is 0. The average Bonchev–Trinajstić information content (AvgIpc) is 2.29. The zero-order chi connectivity index (χ0) is 13.5. The van der Waals surface area contributed by atoms with Gasteiger partial charge in [-0.2, -0.15) is 0 Å². The molecule has 0 spiro atoms. The Kier molecular flexibility index (Phi) is 5.88. The molecule has 0 aliphatic rings. The van der Waals surface area contributed by atoms with Crippen molar-refractivity contribution in [2.75, 3.05) is 38.0 Å². The van der Waals surface area contributed by atoms with Crippen LogP contribution in [0.3, 0.4) is 0 Å². The van der Waals surface area contributed by atoms with E-state index >= 15 is 0 Å². The average molecular weight is 267 g/mol. The summed E-state index contributed by atoms with van der Waals surface area (Å²) in [6.45, 7) is 2.65. The normalized spacial score (nSPS) is 11.8. The third kappa shape index (κ3) is 4.89. The molecule has 0 aliphatic heterocycles. The summed E-state index contributed by atoms with van der Waals surface area (Å²) >= 11 is 5.24. The van der Waals surface area contributed by atoms with Crippen LogP contribution in [0.4, 0.5) is 11.4 Å². The van der Waals surface area contributed by atoms with Gasteiger partial charge < -0.3 is 20.3 Å². The highest BCUT2D eigenvalue weighted by Gasteiger charge is 2.04. The Morgan fingerprint density at radius 1 is 1.44 bits per heavy atom. The Labute approximate surface area is 114 Å². The van der Waals surface area contributed by atoms with E-state index < -0.39 is 0 Å². The van der Waals surface area contributed by atoms with E-state index in [1.165, 1.54) is 0 Å². The molecule has 1 rings (SSSR count). The van der Waals surface area contributed by atoms with Crippen molar-refractivity contribution in [3.05, 3.63) is 24.3 Å². The molecule has 4 nitrogen and oxygen atoms in total. The van der Waals surface area contributed by atoms with Crippen LogP contribution in [-0.4, -0.2) is 39.0 Å². The van der Waals surface area contributed by atoms with E-state index in [1.54, 1.807) is 7.11 Å². The molecule has 0 aromatic heterocycles. The highest BCUT2D eigenvalue weighted by Crippen LogP contribution is 2.17. The maximum absolute atomic E-state index is 5.24. The number of methoxy groups -OCH3 is 1. The van der Waals surface area contributed by atoms with Crippen molar-refractivity contribution in [1.29, 1.82) is 0 Å². The molecular formula is C13H21N3OS. The van der Waals surface area contributed by atoms with E-state index in [2.05, 4.69) is 27.7 Å². The molecule has 0 saturated carbocycles. The van der Waals surface area contributed by atoms with E-state index in [-0.39, 0.29) is 6.04 Å². The summed E-state index contributed by atoms with van der Waals surface area (Å²) in [5, 5.41) is 6.93. The first kappa shape index (κ1) is 14.7. The molecule has 0 saturated heterocycles. The SMILES string of the molecule is COCC(C)NC(=S)Nc1cccc(N(C)C)c1. The maximum Gasteiger partial charge on any atom is 0.171 e.